The summed E-state index contributed by atoms with van der Waals surface area (Å²) in [5.74, 6) is 0.0710. The molecular formula is C16H32N2O3. The van der Waals surface area contributed by atoms with Crippen molar-refractivity contribution in [3.63, 3.8) is 0 Å². The summed E-state index contributed by atoms with van der Waals surface area (Å²) in [6, 6.07) is 0. The highest BCUT2D eigenvalue weighted by Gasteiger charge is 2.46. The van der Waals surface area contributed by atoms with Gasteiger partial charge in [-0.2, -0.15) is 0 Å². The Bertz CT molecular complexity index is 312. The van der Waals surface area contributed by atoms with Crippen LogP contribution in [0.5, 0.6) is 0 Å². The van der Waals surface area contributed by atoms with Gasteiger partial charge in [0.1, 0.15) is 5.54 Å². The van der Waals surface area contributed by atoms with E-state index in [2.05, 4.69) is 12.2 Å². The highest BCUT2D eigenvalue weighted by atomic mass is 16.5. The van der Waals surface area contributed by atoms with Crippen LogP contribution in [-0.4, -0.2) is 43.9 Å². The second-order valence-corrected chi connectivity index (χ2v) is 5.98. The lowest BCUT2D eigenvalue weighted by atomic mass is 9.84. The number of nitrogens with one attached hydrogen (secondary N) is 1. The summed E-state index contributed by atoms with van der Waals surface area (Å²) in [4.78, 5) is 12.0. The Morgan fingerprint density at radius 1 is 1.48 bits per heavy atom. The van der Waals surface area contributed by atoms with Crippen LogP contribution in [0.2, 0.25) is 0 Å². The molecule has 1 aliphatic rings. The van der Waals surface area contributed by atoms with E-state index in [1.54, 1.807) is 0 Å². The summed E-state index contributed by atoms with van der Waals surface area (Å²) in [6.07, 6.45) is 4.92. The van der Waals surface area contributed by atoms with Crippen molar-refractivity contribution in [1.82, 2.24) is 5.32 Å². The fraction of sp³-hybridized carbons (Fsp3) is 0.938. The minimum atomic E-state index is -0.525. The van der Waals surface area contributed by atoms with Crippen molar-refractivity contribution < 1.29 is 14.3 Å². The first-order valence-corrected chi connectivity index (χ1v) is 8.31. The predicted molar refractivity (Wildman–Crippen MR) is 84.1 cm³/mol. The van der Waals surface area contributed by atoms with Gasteiger partial charge in [-0.1, -0.05) is 13.3 Å². The second kappa shape index (κ2) is 9.38. The van der Waals surface area contributed by atoms with Gasteiger partial charge in [-0.25, -0.2) is 0 Å². The van der Waals surface area contributed by atoms with Crippen LogP contribution in [-0.2, 0) is 14.3 Å². The van der Waals surface area contributed by atoms with Crippen molar-refractivity contribution >= 4 is 5.91 Å². The lowest BCUT2D eigenvalue weighted by Gasteiger charge is -2.34. The normalized spacial score (nSPS) is 26.9. The van der Waals surface area contributed by atoms with Crippen LogP contribution in [0.3, 0.4) is 0 Å². The Morgan fingerprint density at radius 3 is 2.86 bits per heavy atom. The van der Waals surface area contributed by atoms with E-state index in [-0.39, 0.29) is 17.9 Å². The molecule has 124 valence electrons. The molecule has 0 aromatic heterocycles. The first-order chi connectivity index (χ1) is 10.1. The standard InChI is InChI=1S/C16H32N2O3/c1-4-10-18-16(15(17)19)9-6-7-14(16)8-11-21-13(3)12-20-5-2/h13-14,18H,4-12H2,1-3H3,(H2,17,19). The van der Waals surface area contributed by atoms with Gasteiger partial charge in [-0.05, 0) is 52.0 Å². The molecule has 0 aliphatic heterocycles. The number of primary amides is 1. The quantitative estimate of drug-likeness (QED) is 0.610. The SMILES string of the molecule is CCCNC1(C(N)=O)CCCC1CCOC(C)COCC. The van der Waals surface area contributed by atoms with E-state index >= 15 is 0 Å². The fourth-order valence-electron chi connectivity index (χ4n) is 3.20. The molecule has 5 heteroatoms. The minimum absolute atomic E-state index is 0.0953. The number of nitrogens with two attached hydrogens (primary N) is 1. The smallest absolute Gasteiger partial charge is 0.238 e. The van der Waals surface area contributed by atoms with E-state index in [1.165, 1.54) is 0 Å². The van der Waals surface area contributed by atoms with Crippen LogP contribution in [0.25, 0.3) is 0 Å². The highest BCUT2D eigenvalue weighted by molar-refractivity contribution is 5.85. The first-order valence-electron chi connectivity index (χ1n) is 8.31. The van der Waals surface area contributed by atoms with Gasteiger partial charge < -0.3 is 20.5 Å². The van der Waals surface area contributed by atoms with Gasteiger partial charge >= 0.3 is 0 Å². The van der Waals surface area contributed by atoms with Crippen LogP contribution >= 0.6 is 0 Å². The summed E-state index contributed by atoms with van der Waals surface area (Å²) in [5.41, 5.74) is 5.17. The van der Waals surface area contributed by atoms with Crippen LogP contribution in [0, 0.1) is 5.92 Å². The Morgan fingerprint density at radius 2 is 2.24 bits per heavy atom. The van der Waals surface area contributed by atoms with Gasteiger partial charge in [0.15, 0.2) is 0 Å². The van der Waals surface area contributed by atoms with E-state index in [9.17, 15) is 4.79 Å². The molecule has 21 heavy (non-hydrogen) atoms. The van der Waals surface area contributed by atoms with E-state index in [0.29, 0.717) is 19.8 Å². The molecule has 1 aliphatic carbocycles. The summed E-state index contributed by atoms with van der Waals surface area (Å²) in [5, 5.41) is 3.41. The van der Waals surface area contributed by atoms with Crippen LogP contribution in [0.1, 0.15) is 52.9 Å². The maximum atomic E-state index is 12.0. The van der Waals surface area contributed by atoms with Gasteiger partial charge in [0, 0.05) is 13.2 Å². The van der Waals surface area contributed by atoms with E-state index < -0.39 is 5.54 Å². The molecule has 0 radical (unpaired) electrons. The molecule has 1 fully saturated rings. The zero-order valence-corrected chi connectivity index (χ0v) is 13.8. The van der Waals surface area contributed by atoms with Gasteiger partial charge in [0.2, 0.25) is 5.91 Å². The molecule has 0 aromatic carbocycles. The number of hydrogen-bond donors (Lipinski definition) is 2. The predicted octanol–water partition coefficient (Wildman–Crippen LogP) is 1.84. The number of carbonyl (C=O) groups is 1. The van der Waals surface area contributed by atoms with Crippen molar-refractivity contribution in [3.05, 3.63) is 0 Å². The zero-order chi connectivity index (χ0) is 15.7. The average molecular weight is 300 g/mol. The Hall–Kier alpha value is -0.650. The highest BCUT2D eigenvalue weighted by Crippen LogP contribution is 2.38. The average Bonchev–Trinajstić information content (AvgIpc) is 2.87. The van der Waals surface area contributed by atoms with E-state index in [1.807, 2.05) is 13.8 Å². The molecular weight excluding hydrogens is 268 g/mol. The summed E-state index contributed by atoms with van der Waals surface area (Å²) in [7, 11) is 0. The number of rotatable bonds is 11. The third-order valence-corrected chi connectivity index (χ3v) is 4.38. The van der Waals surface area contributed by atoms with Crippen molar-refractivity contribution in [1.29, 1.82) is 0 Å². The van der Waals surface area contributed by atoms with Gasteiger partial charge in [0.05, 0.1) is 12.7 Å². The molecule has 1 saturated carbocycles. The van der Waals surface area contributed by atoms with Gasteiger partial charge in [0.25, 0.3) is 0 Å². The number of ether oxygens (including phenoxy) is 2. The zero-order valence-electron chi connectivity index (χ0n) is 13.8. The van der Waals surface area contributed by atoms with E-state index in [4.69, 9.17) is 15.2 Å². The third-order valence-electron chi connectivity index (χ3n) is 4.38. The first kappa shape index (κ1) is 18.4. The molecule has 0 saturated heterocycles. The topological polar surface area (TPSA) is 73.6 Å². The molecule has 0 heterocycles. The molecule has 1 rings (SSSR count). The summed E-state index contributed by atoms with van der Waals surface area (Å²) in [6.45, 7) is 8.91. The maximum Gasteiger partial charge on any atom is 0.238 e. The summed E-state index contributed by atoms with van der Waals surface area (Å²) >= 11 is 0. The monoisotopic (exact) mass is 300 g/mol. The van der Waals surface area contributed by atoms with Crippen molar-refractivity contribution in [2.45, 2.75) is 64.5 Å². The van der Waals surface area contributed by atoms with Crippen LogP contribution in [0.4, 0.5) is 0 Å². The third kappa shape index (κ3) is 5.24. The van der Waals surface area contributed by atoms with Crippen molar-refractivity contribution in [2.24, 2.45) is 11.7 Å². The van der Waals surface area contributed by atoms with Crippen LogP contribution < -0.4 is 11.1 Å². The Balaban J connectivity index is 2.46. The maximum absolute atomic E-state index is 12.0. The lowest BCUT2D eigenvalue weighted by molar-refractivity contribution is -0.126. The molecule has 3 unspecified atom stereocenters. The minimum Gasteiger partial charge on any atom is -0.379 e. The fourth-order valence-corrected chi connectivity index (χ4v) is 3.20. The van der Waals surface area contributed by atoms with Crippen molar-refractivity contribution in [2.75, 3.05) is 26.4 Å². The van der Waals surface area contributed by atoms with Crippen LogP contribution in [0.15, 0.2) is 0 Å². The van der Waals surface area contributed by atoms with Crippen molar-refractivity contribution in [3.8, 4) is 0 Å². The number of amides is 1. The number of hydrogen-bond acceptors (Lipinski definition) is 4. The largest absolute Gasteiger partial charge is 0.379 e. The van der Waals surface area contributed by atoms with Gasteiger partial charge in [-0.3, -0.25) is 4.79 Å². The Kier molecular flexibility index (Phi) is 8.22. The second-order valence-electron chi connectivity index (χ2n) is 5.98. The summed E-state index contributed by atoms with van der Waals surface area (Å²) < 4.78 is 11.1. The Labute approximate surface area is 128 Å². The molecule has 5 nitrogen and oxygen atoms in total. The van der Waals surface area contributed by atoms with Gasteiger partial charge in [-0.15, -0.1) is 0 Å². The molecule has 0 bridgehead atoms. The lowest BCUT2D eigenvalue weighted by Crippen LogP contribution is -2.58. The molecule has 0 spiro atoms. The molecule has 1 amide bonds. The number of carbonyl (C=O) groups excluding carboxylic acids is 1. The molecule has 3 atom stereocenters. The molecule has 3 N–H and O–H groups in total. The van der Waals surface area contributed by atoms with E-state index in [0.717, 1.165) is 38.6 Å². The molecule has 0 aromatic rings.